The van der Waals surface area contributed by atoms with Crippen LogP contribution in [0.15, 0.2) is 12.3 Å². The number of nitrogens with two attached hydrogens (primary N) is 1. The van der Waals surface area contributed by atoms with Gasteiger partial charge in [-0.1, -0.05) is 6.42 Å². The Labute approximate surface area is 90.8 Å². The maximum absolute atomic E-state index is 5.96. The van der Waals surface area contributed by atoms with Gasteiger partial charge in [0.25, 0.3) is 0 Å². The Bertz CT molecular complexity index is 307. The topological polar surface area (TPSA) is 55.9 Å². The molecule has 1 heterocycles. The van der Waals surface area contributed by atoms with Gasteiger partial charge in [-0.25, -0.2) is 0 Å². The van der Waals surface area contributed by atoms with Crippen molar-refractivity contribution in [3.05, 3.63) is 12.3 Å². The molecule has 1 saturated carbocycles. The lowest BCUT2D eigenvalue weighted by atomic mass is 9.86. The summed E-state index contributed by atoms with van der Waals surface area (Å²) in [5.41, 5.74) is 5.96. The van der Waals surface area contributed by atoms with Crippen LogP contribution < -0.4 is 11.1 Å². The first-order valence-corrected chi connectivity index (χ1v) is 5.73. The molecule has 1 aromatic heterocycles. The lowest BCUT2D eigenvalue weighted by Crippen LogP contribution is -2.31. The summed E-state index contributed by atoms with van der Waals surface area (Å²) in [7, 11) is 1.95. The molecule has 4 heteroatoms. The van der Waals surface area contributed by atoms with Crippen molar-refractivity contribution in [2.75, 3.05) is 11.9 Å². The summed E-state index contributed by atoms with van der Waals surface area (Å²) in [6, 6.07) is 2.42. The maximum Gasteiger partial charge on any atom is 0.123 e. The molecule has 0 amide bonds. The van der Waals surface area contributed by atoms with E-state index in [-0.39, 0.29) is 0 Å². The van der Waals surface area contributed by atoms with Gasteiger partial charge in [0.05, 0.1) is 6.20 Å². The van der Waals surface area contributed by atoms with Gasteiger partial charge in [-0.2, -0.15) is 5.10 Å². The Morgan fingerprint density at radius 1 is 1.60 bits per heavy atom. The predicted molar refractivity (Wildman–Crippen MR) is 61.6 cm³/mol. The van der Waals surface area contributed by atoms with Gasteiger partial charge in [0.15, 0.2) is 0 Å². The summed E-state index contributed by atoms with van der Waals surface area (Å²) in [6.07, 6.45) is 6.75. The normalized spacial score (nSPS) is 26.5. The first-order valence-electron chi connectivity index (χ1n) is 5.73. The zero-order valence-electron chi connectivity index (χ0n) is 9.32. The summed E-state index contributed by atoms with van der Waals surface area (Å²) in [5, 5.41) is 7.55. The van der Waals surface area contributed by atoms with Crippen molar-refractivity contribution in [2.24, 2.45) is 18.7 Å². The van der Waals surface area contributed by atoms with Gasteiger partial charge >= 0.3 is 0 Å². The Kier molecular flexibility index (Phi) is 3.26. The van der Waals surface area contributed by atoms with Gasteiger partial charge < -0.3 is 11.1 Å². The average Bonchev–Trinajstić information content (AvgIpc) is 2.61. The van der Waals surface area contributed by atoms with Crippen LogP contribution >= 0.6 is 0 Å². The summed E-state index contributed by atoms with van der Waals surface area (Å²) >= 11 is 0. The number of nitrogens with zero attached hydrogens (tertiary/aromatic N) is 2. The zero-order chi connectivity index (χ0) is 10.7. The molecule has 1 aromatic rings. The van der Waals surface area contributed by atoms with Crippen LogP contribution in [0.3, 0.4) is 0 Å². The third-order valence-electron chi connectivity index (χ3n) is 3.22. The first kappa shape index (κ1) is 10.5. The molecule has 15 heavy (non-hydrogen) atoms. The lowest BCUT2D eigenvalue weighted by Gasteiger charge is -2.26. The lowest BCUT2D eigenvalue weighted by molar-refractivity contribution is 0.334. The third-order valence-corrected chi connectivity index (χ3v) is 3.22. The van der Waals surface area contributed by atoms with Crippen LogP contribution in [0.4, 0.5) is 5.82 Å². The fraction of sp³-hybridized carbons (Fsp3) is 0.727. The van der Waals surface area contributed by atoms with Crippen LogP contribution in [0.25, 0.3) is 0 Å². The summed E-state index contributed by atoms with van der Waals surface area (Å²) in [5.74, 6) is 1.82. The largest absolute Gasteiger partial charge is 0.370 e. The van der Waals surface area contributed by atoms with Crippen molar-refractivity contribution in [1.82, 2.24) is 9.78 Å². The van der Waals surface area contributed by atoms with Crippen molar-refractivity contribution in [2.45, 2.75) is 31.7 Å². The number of anilines is 1. The number of hydrogen-bond acceptors (Lipinski definition) is 3. The smallest absolute Gasteiger partial charge is 0.123 e. The van der Waals surface area contributed by atoms with E-state index in [0.717, 1.165) is 24.7 Å². The molecule has 0 aromatic carbocycles. The van der Waals surface area contributed by atoms with Crippen LogP contribution in [0, 0.1) is 5.92 Å². The van der Waals surface area contributed by atoms with Crippen molar-refractivity contribution >= 4 is 5.82 Å². The first-order chi connectivity index (χ1) is 7.25. The van der Waals surface area contributed by atoms with E-state index in [0.29, 0.717) is 6.04 Å². The molecule has 84 valence electrons. The molecular formula is C11H20N4. The van der Waals surface area contributed by atoms with Gasteiger partial charge in [0.1, 0.15) is 5.82 Å². The van der Waals surface area contributed by atoms with E-state index in [1.807, 2.05) is 24.0 Å². The molecule has 1 aliphatic carbocycles. The van der Waals surface area contributed by atoms with Crippen molar-refractivity contribution < 1.29 is 0 Å². The van der Waals surface area contributed by atoms with Gasteiger partial charge in [-0.15, -0.1) is 0 Å². The highest BCUT2D eigenvalue weighted by Gasteiger charge is 2.18. The minimum atomic E-state index is 0.414. The molecule has 0 aliphatic heterocycles. The number of aryl methyl sites for hydroxylation is 1. The molecule has 2 rings (SSSR count). The molecule has 0 radical (unpaired) electrons. The standard InChI is InChI=1S/C11H20N4/c1-15-11(5-6-14-15)13-8-9-3-2-4-10(12)7-9/h5-6,9-10,13H,2-4,7-8,12H2,1H3. The fourth-order valence-corrected chi connectivity index (χ4v) is 2.31. The zero-order valence-corrected chi connectivity index (χ0v) is 9.32. The molecule has 2 atom stereocenters. The number of aromatic nitrogens is 2. The average molecular weight is 208 g/mol. The second kappa shape index (κ2) is 4.66. The van der Waals surface area contributed by atoms with E-state index in [4.69, 9.17) is 5.73 Å². The second-order valence-corrected chi connectivity index (χ2v) is 4.51. The molecular weight excluding hydrogens is 188 g/mol. The quantitative estimate of drug-likeness (QED) is 0.788. The van der Waals surface area contributed by atoms with Crippen molar-refractivity contribution in [3.8, 4) is 0 Å². The predicted octanol–water partition coefficient (Wildman–Crippen LogP) is 1.35. The Morgan fingerprint density at radius 3 is 3.13 bits per heavy atom. The molecule has 4 nitrogen and oxygen atoms in total. The van der Waals surface area contributed by atoms with E-state index in [1.165, 1.54) is 19.3 Å². The van der Waals surface area contributed by atoms with Crippen LogP contribution in [-0.4, -0.2) is 22.4 Å². The highest BCUT2D eigenvalue weighted by molar-refractivity contribution is 5.33. The molecule has 1 aliphatic rings. The van der Waals surface area contributed by atoms with E-state index < -0.39 is 0 Å². The highest BCUT2D eigenvalue weighted by atomic mass is 15.3. The van der Waals surface area contributed by atoms with E-state index >= 15 is 0 Å². The molecule has 3 N–H and O–H groups in total. The SMILES string of the molecule is Cn1nccc1NCC1CCCC(N)C1. The van der Waals surface area contributed by atoms with Crippen LogP contribution in [0.1, 0.15) is 25.7 Å². The number of nitrogens with one attached hydrogen (secondary N) is 1. The molecule has 2 unspecified atom stereocenters. The monoisotopic (exact) mass is 208 g/mol. The van der Waals surface area contributed by atoms with Crippen LogP contribution in [-0.2, 0) is 7.05 Å². The summed E-state index contributed by atoms with van der Waals surface area (Å²) < 4.78 is 1.86. The van der Waals surface area contributed by atoms with Gasteiger partial charge in [-0.05, 0) is 25.2 Å². The maximum atomic E-state index is 5.96. The fourth-order valence-electron chi connectivity index (χ4n) is 2.31. The van der Waals surface area contributed by atoms with E-state index in [2.05, 4.69) is 10.4 Å². The number of rotatable bonds is 3. The molecule has 0 spiro atoms. The summed E-state index contributed by atoms with van der Waals surface area (Å²) in [6.45, 7) is 1.02. The molecule has 0 bridgehead atoms. The Balaban J connectivity index is 1.80. The van der Waals surface area contributed by atoms with Crippen LogP contribution in [0.5, 0.6) is 0 Å². The highest BCUT2D eigenvalue weighted by Crippen LogP contribution is 2.23. The molecule has 1 fully saturated rings. The molecule has 0 saturated heterocycles. The number of hydrogen-bond donors (Lipinski definition) is 2. The second-order valence-electron chi connectivity index (χ2n) is 4.51. The van der Waals surface area contributed by atoms with Gasteiger partial charge in [-0.3, -0.25) is 4.68 Å². The van der Waals surface area contributed by atoms with Gasteiger partial charge in [0, 0.05) is 25.7 Å². The van der Waals surface area contributed by atoms with Gasteiger partial charge in [0.2, 0.25) is 0 Å². The van der Waals surface area contributed by atoms with E-state index in [1.54, 1.807) is 0 Å². The van der Waals surface area contributed by atoms with Crippen LogP contribution in [0.2, 0.25) is 0 Å². The minimum Gasteiger partial charge on any atom is -0.370 e. The minimum absolute atomic E-state index is 0.414. The van der Waals surface area contributed by atoms with E-state index in [9.17, 15) is 0 Å². The van der Waals surface area contributed by atoms with Crippen molar-refractivity contribution in [1.29, 1.82) is 0 Å². The summed E-state index contributed by atoms with van der Waals surface area (Å²) in [4.78, 5) is 0. The third kappa shape index (κ3) is 2.72. The van der Waals surface area contributed by atoms with Crippen molar-refractivity contribution in [3.63, 3.8) is 0 Å². The Morgan fingerprint density at radius 2 is 2.47 bits per heavy atom. The Hall–Kier alpha value is -1.03.